The second-order valence-electron chi connectivity index (χ2n) is 1.53. The van der Waals surface area contributed by atoms with Crippen LogP contribution in [0.15, 0.2) is 0 Å². The van der Waals surface area contributed by atoms with Gasteiger partial charge in [-0.1, -0.05) is 0 Å². The zero-order chi connectivity index (χ0) is 7.28. The summed E-state index contributed by atoms with van der Waals surface area (Å²) in [6.45, 7) is 5.09. The Morgan fingerprint density at radius 1 is 1.56 bits per heavy atom. The standard InChI is InChI=1S/C5H11NO2S/c1-3-6(4-2)5(7)8-9/h9H,3-4H2,1-2H3. The average molecular weight is 149 g/mol. The lowest BCUT2D eigenvalue weighted by molar-refractivity contribution is 0.166. The Morgan fingerprint density at radius 2 is 2.00 bits per heavy atom. The number of hydrogen-bond acceptors (Lipinski definition) is 3. The molecular formula is C5H11NO2S. The highest BCUT2D eigenvalue weighted by Crippen LogP contribution is 1.93. The summed E-state index contributed by atoms with van der Waals surface area (Å²) in [5, 5.41) is 0. The van der Waals surface area contributed by atoms with Crippen molar-refractivity contribution in [3.8, 4) is 0 Å². The van der Waals surface area contributed by atoms with Gasteiger partial charge in [-0.05, 0) is 13.8 Å². The fourth-order valence-electron chi connectivity index (χ4n) is 0.540. The topological polar surface area (TPSA) is 29.5 Å². The summed E-state index contributed by atoms with van der Waals surface area (Å²) in [5.74, 6) is 0. The number of carbonyl (C=O) groups excluding carboxylic acids is 1. The Morgan fingerprint density at radius 3 is 2.11 bits per heavy atom. The molecule has 0 rings (SSSR count). The molecule has 0 aliphatic heterocycles. The van der Waals surface area contributed by atoms with Crippen LogP contribution in [0, 0.1) is 0 Å². The van der Waals surface area contributed by atoms with E-state index in [0.29, 0.717) is 13.1 Å². The molecule has 0 heterocycles. The lowest BCUT2D eigenvalue weighted by Gasteiger charge is -2.14. The Balaban J connectivity index is 3.64. The minimum Gasteiger partial charge on any atom is -0.378 e. The van der Waals surface area contributed by atoms with Crippen molar-refractivity contribution in [2.45, 2.75) is 13.8 Å². The molecule has 54 valence electrons. The summed E-state index contributed by atoms with van der Waals surface area (Å²) >= 11 is 3.37. The first-order valence-corrected chi connectivity index (χ1v) is 3.23. The molecule has 0 N–H and O–H groups in total. The van der Waals surface area contributed by atoms with Crippen LogP contribution < -0.4 is 0 Å². The first kappa shape index (κ1) is 8.62. The molecular weight excluding hydrogens is 138 g/mol. The first-order chi connectivity index (χ1) is 4.26. The maximum absolute atomic E-state index is 10.6. The molecule has 4 heteroatoms. The largest absolute Gasteiger partial charge is 0.421 e. The highest BCUT2D eigenvalue weighted by atomic mass is 32.1. The third kappa shape index (κ3) is 2.60. The normalized spacial score (nSPS) is 8.78. The van der Waals surface area contributed by atoms with Crippen molar-refractivity contribution in [2.75, 3.05) is 13.1 Å². The van der Waals surface area contributed by atoms with Gasteiger partial charge < -0.3 is 9.08 Å². The summed E-state index contributed by atoms with van der Waals surface area (Å²) in [6.07, 6.45) is -0.386. The van der Waals surface area contributed by atoms with Gasteiger partial charge in [0.15, 0.2) is 0 Å². The molecule has 0 bridgehead atoms. The van der Waals surface area contributed by atoms with Gasteiger partial charge in [0.2, 0.25) is 0 Å². The van der Waals surface area contributed by atoms with E-state index in [0.717, 1.165) is 0 Å². The van der Waals surface area contributed by atoms with Crippen molar-refractivity contribution in [3.05, 3.63) is 0 Å². The van der Waals surface area contributed by atoms with E-state index in [1.807, 2.05) is 13.8 Å². The van der Waals surface area contributed by atoms with Crippen LogP contribution in [-0.2, 0) is 4.18 Å². The van der Waals surface area contributed by atoms with Crippen molar-refractivity contribution < 1.29 is 8.98 Å². The van der Waals surface area contributed by atoms with Gasteiger partial charge in [-0.3, -0.25) is 0 Å². The molecule has 0 atom stereocenters. The van der Waals surface area contributed by atoms with Crippen molar-refractivity contribution in [1.82, 2.24) is 4.90 Å². The van der Waals surface area contributed by atoms with Crippen molar-refractivity contribution in [1.29, 1.82) is 0 Å². The predicted molar refractivity (Wildman–Crippen MR) is 38.4 cm³/mol. The lowest BCUT2D eigenvalue weighted by atomic mass is 10.6. The number of carbonyl (C=O) groups is 1. The molecule has 0 aromatic heterocycles. The maximum atomic E-state index is 10.6. The van der Waals surface area contributed by atoms with E-state index < -0.39 is 0 Å². The van der Waals surface area contributed by atoms with Crippen LogP contribution in [0.2, 0.25) is 0 Å². The summed E-state index contributed by atoms with van der Waals surface area (Å²) in [7, 11) is 0. The SMILES string of the molecule is CCN(CC)C(=O)OS. The molecule has 0 aromatic rings. The first-order valence-electron chi connectivity index (χ1n) is 2.86. The van der Waals surface area contributed by atoms with Crippen molar-refractivity contribution in [3.63, 3.8) is 0 Å². The predicted octanol–water partition coefficient (Wildman–Crippen LogP) is 1.31. The quantitative estimate of drug-likeness (QED) is 0.474. The smallest absolute Gasteiger partial charge is 0.378 e. The summed E-state index contributed by atoms with van der Waals surface area (Å²) in [6, 6.07) is 0. The Bertz CT molecular complexity index is 93.0. The second-order valence-corrected chi connectivity index (χ2v) is 1.71. The molecule has 0 aromatic carbocycles. The lowest BCUT2D eigenvalue weighted by Crippen LogP contribution is -2.29. The number of hydrogen-bond donors (Lipinski definition) is 1. The monoisotopic (exact) mass is 149 g/mol. The van der Waals surface area contributed by atoms with Gasteiger partial charge in [0.25, 0.3) is 0 Å². The van der Waals surface area contributed by atoms with Crippen molar-refractivity contribution in [2.24, 2.45) is 0 Å². The van der Waals surface area contributed by atoms with Gasteiger partial charge in [0.1, 0.15) is 0 Å². The van der Waals surface area contributed by atoms with Crippen LogP contribution in [0.25, 0.3) is 0 Å². The fourth-order valence-corrected chi connectivity index (χ4v) is 0.655. The van der Waals surface area contributed by atoms with Crippen molar-refractivity contribution >= 4 is 19.0 Å². The van der Waals surface area contributed by atoms with Gasteiger partial charge in [-0.25, -0.2) is 4.79 Å². The Labute approximate surface area is 60.6 Å². The molecule has 0 saturated heterocycles. The van der Waals surface area contributed by atoms with E-state index in [-0.39, 0.29) is 6.09 Å². The van der Waals surface area contributed by atoms with Crippen LogP contribution in [0.4, 0.5) is 4.79 Å². The number of amides is 1. The second kappa shape index (κ2) is 4.49. The molecule has 9 heavy (non-hydrogen) atoms. The summed E-state index contributed by atoms with van der Waals surface area (Å²) in [4.78, 5) is 12.1. The van der Waals surface area contributed by atoms with Gasteiger partial charge in [0.05, 0.1) is 0 Å². The molecule has 1 amide bonds. The molecule has 0 saturated carbocycles. The van der Waals surface area contributed by atoms with Gasteiger partial charge in [0, 0.05) is 26.0 Å². The number of thiol groups is 1. The molecule has 0 fully saturated rings. The molecule has 0 radical (unpaired) electrons. The average Bonchev–Trinajstić information content (AvgIpc) is 1.90. The Hall–Kier alpha value is -0.380. The molecule has 0 spiro atoms. The fraction of sp³-hybridized carbons (Fsp3) is 0.800. The van der Waals surface area contributed by atoms with Gasteiger partial charge in [-0.2, -0.15) is 0 Å². The van der Waals surface area contributed by atoms with Gasteiger partial charge >= 0.3 is 6.09 Å². The molecule has 0 unspecified atom stereocenters. The Kier molecular flexibility index (Phi) is 4.30. The highest BCUT2D eigenvalue weighted by molar-refractivity contribution is 7.75. The summed E-state index contributed by atoms with van der Waals surface area (Å²) in [5.41, 5.74) is 0. The van der Waals surface area contributed by atoms with Gasteiger partial charge in [-0.15, -0.1) is 0 Å². The number of nitrogens with zero attached hydrogens (tertiary/aromatic N) is 1. The minimum absolute atomic E-state index is 0.386. The van der Waals surface area contributed by atoms with E-state index >= 15 is 0 Å². The van der Waals surface area contributed by atoms with Crippen LogP contribution in [0.3, 0.4) is 0 Å². The van der Waals surface area contributed by atoms with Crippen LogP contribution in [0.1, 0.15) is 13.8 Å². The van der Waals surface area contributed by atoms with E-state index in [1.165, 1.54) is 4.90 Å². The van der Waals surface area contributed by atoms with Crippen LogP contribution in [-0.4, -0.2) is 24.1 Å². The van der Waals surface area contributed by atoms with E-state index in [2.05, 4.69) is 17.1 Å². The summed E-state index contributed by atoms with van der Waals surface area (Å²) < 4.78 is 4.18. The zero-order valence-electron chi connectivity index (χ0n) is 5.63. The van der Waals surface area contributed by atoms with E-state index in [9.17, 15) is 4.79 Å². The minimum atomic E-state index is -0.386. The maximum Gasteiger partial charge on any atom is 0.421 e. The van der Waals surface area contributed by atoms with E-state index in [4.69, 9.17) is 0 Å². The third-order valence-electron chi connectivity index (χ3n) is 1.10. The zero-order valence-corrected chi connectivity index (χ0v) is 6.52. The molecule has 3 nitrogen and oxygen atoms in total. The molecule has 0 aliphatic rings. The van der Waals surface area contributed by atoms with Crippen LogP contribution in [0.5, 0.6) is 0 Å². The van der Waals surface area contributed by atoms with E-state index in [1.54, 1.807) is 0 Å². The third-order valence-corrected chi connectivity index (χ3v) is 1.26. The highest BCUT2D eigenvalue weighted by Gasteiger charge is 2.07. The van der Waals surface area contributed by atoms with Crippen LogP contribution >= 0.6 is 12.9 Å². The number of rotatable bonds is 2. The molecule has 0 aliphatic carbocycles.